The third-order valence-corrected chi connectivity index (χ3v) is 7.42. The summed E-state index contributed by atoms with van der Waals surface area (Å²) < 4.78 is 2.25. The van der Waals surface area contributed by atoms with Crippen LogP contribution in [0.3, 0.4) is 0 Å². The summed E-state index contributed by atoms with van der Waals surface area (Å²) in [6.07, 6.45) is 3.03. The predicted molar refractivity (Wildman–Crippen MR) is 151 cm³/mol. The molecule has 5 heteroatoms. The number of aliphatic imine (C=N–C) groups is 1. The molecule has 1 aliphatic heterocycles. The minimum Gasteiger partial charge on any atom is -0.318 e. The zero-order chi connectivity index (χ0) is 25.1. The molecule has 0 atom stereocenters. The highest BCUT2D eigenvalue weighted by molar-refractivity contribution is 8.18. The molecule has 1 fully saturated rings. The first-order valence-electron chi connectivity index (χ1n) is 12.2. The highest BCUT2D eigenvalue weighted by Crippen LogP contribution is 2.36. The molecule has 0 bridgehead atoms. The van der Waals surface area contributed by atoms with Crippen LogP contribution < -0.4 is 0 Å². The Balaban J connectivity index is 1.51. The molecule has 0 N–H and O–H groups in total. The van der Waals surface area contributed by atoms with Gasteiger partial charge in [-0.25, -0.2) is 4.99 Å². The Morgan fingerprint density at radius 2 is 1.53 bits per heavy atom. The molecule has 0 radical (unpaired) electrons. The molecule has 1 amide bonds. The fraction of sp³-hybridized carbons (Fsp3) is 0.161. The fourth-order valence-electron chi connectivity index (χ4n) is 4.46. The van der Waals surface area contributed by atoms with Crippen LogP contribution in [0.2, 0.25) is 0 Å². The van der Waals surface area contributed by atoms with Crippen LogP contribution in [0.25, 0.3) is 11.8 Å². The van der Waals surface area contributed by atoms with E-state index in [0.717, 1.165) is 40.3 Å². The van der Waals surface area contributed by atoms with Crippen molar-refractivity contribution in [2.75, 3.05) is 0 Å². The minimum absolute atomic E-state index is 0.0179. The Kier molecular flexibility index (Phi) is 6.92. The molecule has 180 valence electrons. The van der Waals surface area contributed by atoms with Crippen molar-refractivity contribution >= 4 is 34.6 Å². The molecule has 2 heterocycles. The molecule has 4 aromatic rings. The van der Waals surface area contributed by atoms with Gasteiger partial charge in [-0.05, 0) is 85.1 Å². The van der Waals surface area contributed by atoms with Crippen molar-refractivity contribution in [3.8, 4) is 5.69 Å². The summed E-state index contributed by atoms with van der Waals surface area (Å²) in [6.45, 7) is 6.87. The van der Waals surface area contributed by atoms with Gasteiger partial charge in [0.25, 0.3) is 5.91 Å². The van der Waals surface area contributed by atoms with Crippen molar-refractivity contribution in [2.45, 2.75) is 33.7 Å². The van der Waals surface area contributed by atoms with Crippen molar-refractivity contribution < 1.29 is 4.79 Å². The van der Waals surface area contributed by atoms with E-state index in [4.69, 9.17) is 4.99 Å². The van der Waals surface area contributed by atoms with Crippen molar-refractivity contribution in [1.82, 2.24) is 9.47 Å². The van der Waals surface area contributed by atoms with Gasteiger partial charge < -0.3 is 4.57 Å². The molecule has 4 nitrogen and oxygen atoms in total. The van der Waals surface area contributed by atoms with Crippen LogP contribution >= 0.6 is 11.8 Å². The van der Waals surface area contributed by atoms with Crippen LogP contribution in [0.15, 0.2) is 101 Å². The summed E-state index contributed by atoms with van der Waals surface area (Å²) in [4.78, 5) is 20.9. The van der Waals surface area contributed by atoms with E-state index in [0.29, 0.717) is 16.6 Å². The first-order chi connectivity index (χ1) is 17.5. The maximum absolute atomic E-state index is 13.6. The standard InChI is InChI=1S/C31H29N3OS/c1-4-24-15-17-28(18-16-24)34-22(2)19-26(23(34)3)20-29-30(35)33(21-25-11-7-5-8-12-25)31(36-29)32-27-13-9-6-10-14-27/h5-20H,4,21H2,1-3H3/b29-20-,32-31?. The summed E-state index contributed by atoms with van der Waals surface area (Å²) in [6, 6.07) is 30.7. The largest absolute Gasteiger partial charge is 0.318 e. The predicted octanol–water partition coefficient (Wildman–Crippen LogP) is 7.46. The number of aryl methyl sites for hydroxylation is 2. The smallest absolute Gasteiger partial charge is 0.267 e. The number of rotatable bonds is 6. The molecule has 1 aliphatic rings. The summed E-state index contributed by atoms with van der Waals surface area (Å²) in [5.74, 6) is -0.0179. The van der Waals surface area contributed by atoms with Gasteiger partial charge >= 0.3 is 0 Å². The molecule has 3 aromatic carbocycles. The van der Waals surface area contributed by atoms with Gasteiger partial charge in [0.15, 0.2) is 5.17 Å². The summed E-state index contributed by atoms with van der Waals surface area (Å²) >= 11 is 1.44. The van der Waals surface area contributed by atoms with Crippen LogP contribution in [0.4, 0.5) is 5.69 Å². The third kappa shape index (κ3) is 4.93. The Morgan fingerprint density at radius 1 is 0.861 bits per heavy atom. The first-order valence-corrected chi connectivity index (χ1v) is 13.0. The molecule has 0 aliphatic carbocycles. The Morgan fingerprint density at radius 3 is 2.19 bits per heavy atom. The number of carbonyl (C=O) groups is 1. The second-order valence-corrected chi connectivity index (χ2v) is 9.91. The SMILES string of the molecule is CCc1ccc(-n2c(C)cc(/C=C3\SC(=Nc4ccccc4)N(Cc4ccccc4)C3=O)c2C)cc1. The number of amidine groups is 1. The molecule has 1 aromatic heterocycles. The number of aromatic nitrogens is 1. The van der Waals surface area contributed by atoms with Gasteiger partial charge in [0.2, 0.25) is 0 Å². The number of nitrogens with zero attached hydrogens (tertiary/aromatic N) is 3. The highest BCUT2D eigenvalue weighted by atomic mass is 32.2. The van der Waals surface area contributed by atoms with E-state index >= 15 is 0 Å². The van der Waals surface area contributed by atoms with E-state index in [-0.39, 0.29) is 5.91 Å². The van der Waals surface area contributed by atoms with E-state index in [1.54, 1.807) is 4.90 Å². The Bertz CT molecular complexity index is 1430. The van der Waals surface area contributed by atoms with Gasteiger partial charge in [-0.1, -0.05) is 67.6 Å². The quantitative estimate of drug-likeness (QED) is 0.263. The summed E-state index contributed by atoms with van der Waals surface area (Å²) in [5, 5.41) is 0.699. The Hall–Kier alpha value is -3.83. The number of hydrogen-bond acceptors (Lipinski definition) is 3. The van der Waals surface area contributed by atoms with Crippen LogP contribution in [0, 0.1) is 13.8 Å². The number of benzene rings is 3. The maximum atomic E-state index is 13.6. The van der Waals surface area contributed by atoms with Crippen LogP contribution in [0.1, 0.15) is 35.0 Å². The van der Waals surface area contributed by atoms with Gasteiger partial charge in [-0.2, -0.15) is 0 Å². The summed E-state index contributed by atoms with van der Waals surface area (Å²) in [5.41, 5.74) is 7.65. The maximum Gasteiger partial charge on any atom is 0.267 e. The molecule has 1 saturated heterocycles. The molecular weight excluding hydrogens is 462 g/mol. The van der Waals surface area contributed by atoms with E-state index in [2.05, 4.69) is 55.7 Å². The van der Waals surface area contributed by atoms with Gasteiger partial charge in [0.05, 0.1) is 17.1 Å². The topological polar surface area (TPSA) is 37.6 Å². The average molecular weight is 492 g/mol. The fourth-order valence-corrected chi connectivity index (χ4v) is 5.45. The second kappa shape index (κ2) is 10.4. The van der Waals surface area contributed by atoms with Crippen LogP contribution in [-0.4, -0.2) is 20.5 Å². The van der Waals surface area contributed by atoms with Gasteiger partial charge in [-0.3, -0.25) is 9.69 Å². The zero-order valence-electron chi connectivity index (χ0n) is 20.8. The number of thioether (sulfide) groups is 1. The average Bonchev–Trinajstić information content (AvgIpc) is 3.35. The van der Waals surface area contributed by atoms with E-state index in [1.807, 2.05) is 66.7 Å². The van der Waals surface area contributed by atoms with Crippen molar-refractivity contribution in [2.24, 2.45) is 4.99 Å². The van der Waals surface area contributed by atoms with Gasteiger partial charge in [0.1, 0.15) is 0 Å². The number of hydrogen-bond donors (Lipinski definition) is 0. The molecule has 0 saturated carbocycles. The lowest BCUT2D eigenvalue weighted by Gasteiger charge is -2.15. The highest BCUT2D eigenvalue weighted by Gasteiger charge is 2.33. The second-order valence-electron chi connectivity index (χ2n) is 8.90. The van der Waals surface area contributed by atoms with Gasteiger partial charge in [0, 0.05) is 17.1 Å². The van der Waals surface area contributed by atoms with Gasteiger partial charge in [-0.15, -0.1) is 0 Å². The molecule has 0 unspecified atom stereocenters. The normalized spacial score (nSPS) is 15.9. The van der Waals surface area contributed by atoms with Crippen molar-refractivity contribution in [3.05, 3.63) is 124 Å². The van der Waals surface area contributed by atoms with E-state index in [9.17, 15) is 4.79 Å². The lowest BCUT2D eigenvalue weighted by Crippen LogP contribution is -2.28. The van der Waals surface area contributed by atoms with Crippen LogP contribution in [-0.2, 0) is 17.8 Å². The van der Waals surface area contributed by atoms with E-state index in [1.165, 1.54) is 17.3 Å². The molecular formula is C31H29N3OS. The van der Waals surface area contributed by atoms with Crippen LogP contribution in [0.5, 0.6) is 0 Å². The third-order valence-electron chi connectivity index (χ3n) is 6.41. The molecule has 5 rings (SSSR count). The van der Waals surface area contributed by atoms with E-state index < -0.39 is 0 Å². The van der Waals surface area contributed by atoms with Crippen molar-refractivity contribution in [3.63, 3.8) is 0 Å². The number of para-hydroxylation sites is 1. The summed E-state index contributed by atoms with van der Waals surface area (Å²) in [7, 11) is 0. The minimum atomic E-state index is -0.0179. The monoisotopic (exact) mass is 491 g/mol. The molecule has 36 heavy (non-hydrogen) atoms. The number of carbonyl (C=O) groups excluding carboxylic acids is 1. The number of amides is 1. The lowest BCUT2D eigenvalue weighted by atomic mass is 10.1. The molecule has 0 spiro atoms. The first kappa shape index (κ1) is 23.9. The lowest BCUT2D eigenvalue weighted by molar-refractivity contribution is -0.122. The van der Waals surface area contributed by atoms with Crippen molar-refractivity contribution in [1.29, 1.82) is 0 Å². The Labute approximate surface area is 217 Å². The zero-order valence-corrected chi connectivity index (χ0v) is 21.6.